The Kier molecular flexibility index (Phi) is 12.1. The van der Waals surface area contributed by atoms with Crippen molar-refractivity contribution in [2.75, 3.05) is 0 Å². The van der Waals surface area contributed by atoms with Crippen LogP contribution >= 0.6 is 0 Å². The van der Waals surface area contributed by atoms with Crippen LogP contribution in [0.4, 0.5) is 0 Å². The van der Waals surface area contributed by atoms with E-state index in [9.17, 15) is 0 Å². The minimum Gasteiger partial charge on any atom is -0.456 e. The molecule has 0 amide bonds. The summed E-state index contributed by atoms with van der Waals surface area (Å²) in [4.78, 5) is 0. The average Bonchev–Trinajstić information content (AvgIpc) is 1.57. The van der Waals surface area contributed by atoms with Gasteiger partial charge in [0.15, 0.2) is 0 Å². The molecule has 22 rings (SSSR count). The van der Waals surface area contributed by atoms with Gasteiger partial charge in [-0.05, 0) is 153 Å². The number of para-hydroxylation sites is 8. The van der Waals surface area contributed by atoms with Gasteiger partial charge in [-0.1, -0.05) is 249 Å². The smallest absolute Gasteiger partial charge is 0.143 e. The van der Waals surface area contributed by atoms with Crippen molar-refractivity contribution in [3.05, 3.63) is 352 Å². The van der Waals surface area contributed by atoms with Gasteiger partial charge in [-0.25, -0.2) is 0 Å². The predicted molar refractivity (Wildman–Crippen MR) is 426 cm³/mol. The first-order chi connectivity index (χ1) is 50.6. The van der Waals surface area contributed by atoms with E-state index < -0.39 is 0 Å². The summed E-state index contributed by atoms with van der Waals surface area (Å²) in [6.07, 6.45) is 0. The second-order valence-corrected chi connectivity index (χ2v) is 27.0. The maximum atomic E-state index is 7.17. The quantitative estimate of drug-likeness (QED) is 0.145. The number of nitrogens with zero attached hydrogens (tertiary/aromatic N) is 4. The molecule has 0 saturated carbocycles. The van der Waals surface area contributed by atoms with E-state index in [0.29, 0.717) is 0 Å². The van der Waals surface area contributed by atoms with E-state index in [1.54, 1.807) is 0 Å². The Morgan fingerprint density at radius 1 is 0.176 bits per heavy atom. The van der Waals surface area contributed by atoms with E-state index >= 15 is 0 Å². The van der Waals surface area contributed by atoms with Crippen molar-refractivity contribution in [1.29, 1.82) is 0 Å². The average molecular weight is 1300 g/mol. The van der Waals surface area contributed by atoms with Crippen molar-refractivity contribution < 1.29 is 8.83 Å². The number of aromatic nitrogens is 4. The Labute approximate surface area is 584 Å². The Balaban J connectivity index is 0.653. The largest absolute Gasteiger partial charge is 0.456 e. The monoisotopic (exact) mass is 1300 g/mol. The topological polar surface area (TPSA) is 46.0 Å². The molecule has 0 N–H and O–H groups in total. The highest BCUT2D eigenvalue weighted by atomic mass is 16.3. The molecule has 474 valence electrons. The minimum atomic E-state index is 0.846. The number of hydrogen-bond donors (Lipinski definition) is 0. The summed E-state index contributed by atoms with van der Waals surface area (Å²) < 4.78 is 23.2. The standard InChI is InChI=1S/C96H58N4O2/c1-3-19-66(20-4-1)97-83-31-12-7-23-71(83)76-54-55-77-72-24-8-13-32-84(72)98(93(77)92(76)97)68-50-45-62(46-51-68)60-41-43-64(44-42-60)70-28-17-30-79-90-75(29-18-36-89(90)102-96(70)79)81-58-82-73-25-9-14-33-85(73)99(94(82)95-91(81)78-27-10-15-34-86(78)100(95)67-21-5-2-6-22-67)69-52-47-61(48-53-69)59-37-39-63(40-38-59)65-49-56-88-80(57-65)74-26-11-16-35-87(74)101-88/h1-58H. The van der Waals surface area contributed by atoms with Gasteiger partial charge in [0.1, 0.15) is 22.3 Å². The molecule has 6 heteroatoms. The highest BCUT2D eigenvalue weighted by Crippen LogP contribution is 2.50. The van der Waals surface area contributed by atoms with Crippen LogP contribution in [0.1, 0.15) is 0 Å². The van der Waals surface area contributed by atoms with Gasteiger partial charge in [-0.3, -0.25) is 0 Å². The lowest BCUT2D eigenvalue weighted by Crippen LogP contribution is -1.99. The maximum Gasteiger partial charge on any atom is 0.143 e. The van der Waals surface area contributed by atoms with Crippen LogP contribution in [0.5, 0.6) is 0 Å². The number of benzene rings is 16. The second-order valence-electron chi connectivity index (χ2n) is 27.0. The van der Waals surface area contributed by atoms with Crippen LogP contribution < -0.4 is 0 Å². The van der Waals surface area contributed by atoms with Crippen LogP contribution in [-0.2, 0) is 0 Å². The minimum absolute atomic E-state index is 0.846. The van der Waals surface area contributed by atoms with Gasteiger partial charge < -0.3 is 27.1 Å². The zero-order valence-electron chi connectivity index (χ0n) is 55.1. The predicted octanol–water partition coefficient (Wildman–Crippen LogP) is 26.2. The van der Waals surface area contributed by atoms with E-state index in [0.717, 1.165) is 144 Å². The lowest BCUT2D eigenvalue weighted by atomic mass is 9.92. The van der Waals surface area contributed by atoms with Crippen molar-refractivity contribution >= 4 is 131 Å². The fourth-order valence-corrected chi connectivity index (χ4v) is 17.0. The number of furan rings is 2. The SMILES string of the molecule is c1ccc(-n2c3ccccc3c3ccc4c5ccccc5n(-c5ccc(-c6ccc(-c7cccc8c7oc7cccc(-c9cc%10c%11ccccc%11n(-c%11ccc(-c%12ccc(-c%13ccc%14oc%15ccccc%15c%14c%13)cc%12)cc%11)c%10c%10c9c9ccccc9n%10-c9ccccc9)c78)cc6)cc5)c4c32)cc1. The normalized spacial score (nSPS) is 12.1. The van der Waals surface area contributed by atoms with E-state index in [1.807, 2.05) is 12.1 Å². The molecule has 0 aliphatic carbocycles. The van der Waals surface area contributed by atoms with Gasteiger partial charge in [-0.15, -0.1) is 0 Å². The van der Waals surface area contributed by atoms with E-state index in [-0.39, 0.29) is 0 Å². The molecule has 0 saturated heterocycles. The molecule has 6 aromatic heterocycles. The second kappa shape index (κ2) is 21.9. The third-order valence-corrected chi connectivity index (χ3v) is 21.6. The lowest BCUT2D eigenvalue weighted by Gasteiger charge is -2.15. The zero-order chi connectivity index (χ0) is 66.7. The Bertz CT molecular complexity index is 7190. The van der Waals surface area contributed by atoms with E-state index in [4.69, 9.17) is 8.83 Å². The number of rotatable bonds is 9. The molecular weight excluding hydrogens is 1240 g/mol. The first-order valence-electron chi connectivity index (χ1n) is 35.0. The summed E-state index contributed by atoms with van der Waals surface area (Å²) in [5, 5.41) is 14.1. The van der Waals surface area contributed by atoms with E-state index in [2.05, 4.69) is 358 Å². The molecule has 102 heavy (non-hydrogen) atoms. The summed E-state index contributed by atoms with van der Waals surface area (Å²) in [5.41, 5.74) is 28.6. The van der Waals surface area contributed by atoms with Gasteiger partial charge in [0, 0.05) is 92.9 Å². The summed E-state index contributed by atoms with van der Waals surface area (Å²) in [6.45, 7) is 0. The fourth-order valence-electron chi connectivity index (χ4n) is 17.0. The lowest BCUT2D eigenvalue weighted by molar-refractivity contribution is 0.669. The first kappa shape index (κ1) is 56.3. The molecule has 0 aliphatic heterocycles. The Hall–Kier alpha value is -13.7. The molecule has 22 aromatic rings. The van der Waals surface area contributed by atoms with Gasteiger partial charge in [0.25, 0.3) is 0 Å². The van der Waals surface area contributed by atoms with Crippen LogP contribution in [-0.4, -0.2) is 18.3 Å². The third kappa shape index (κ3) is 8.29. The Morgan fingerprint density at radius 2 is 0.559 bits per heavy atom. The molecular formula is C96H58N4O2. The zero-order valence-corrected chi connectivity index (χ0v) is 55.1. The molecule has 0 bridgehead atoms. The van der Waals surface area contributed by atoms with Crippen LogP contribution in [0.3, 0.4) is 0 Å². The van der Waals surface area contributed by atoms with Gasteiger partial charge >= 0.3 is 0 Å². The molecule has 0 radical (unpaired) electrons. The molecule has 0 spiro atoms. The highest BCUT2D eigenvalue weighted by molar-refractivity contribution is 6.31. The van der Waals surface area contributed by atoms with Crippen LogP contribution in [0.2, 0.25) is 0 Å². The molecule has 6 nitrogen and oxygen atoms in total. The van der Waals surface area contributed by atoms with Crippen LogP contribution in [0.15, 0.2) is 361 Å². The summed E-state index contributed by atoms with van der Waals surface area (Å²) in [7, 11) is 0. The summed E-state index contributed by atoms with van der Waals surface area (Å²) >= 11 is 0. The highest BCUT2D eigenvalue weighted by Gasteiger charge is 2.28. The number of fused-ring (bicyclic) bond motifs is 20. The fraction of sp³-hybridized carbons (Fsp3) is 0. The Morgan fingerprint density at radius 3 is 1.13 bits per heavy atom. The van der Waals surface area contributed by atoms with Crippen molar-refractivity contribution in [1.82, 2.24) is 18.3 Å². The maximum absolute atomic E-state index is 7.17. The first-order valence-corrected chi connectivity index (χ1v) is 35.0. The molecule has 0 atom stereocenters. The molecule has 0 unspecified atom stereocenters. The van der Waals surface area contributed by atoms with Crippen molar-refractivity contribution in [2.45, 2.75) is 0 Å². The molecule has 6 heterocycles. The van der Waals surface area contributed by atoms with Crippen LogP contribution in [0, 0.1) is 0 Å². The third-order valence-electron chi connectivity index (χ3n) is 21.6. The van der Waals surface area contributed by atoms with Gasteiger partial charge in [0.2, 0.25) is 0 Å². The molecule has 0 fully saturated rings. The summed E-state index contributed by atoms with van der Waals surface area (Å²) in [5.74, 6) is 0. The van der Waals surface area contributed by atoms with Crippen molar-refractivity contribution in [2.24, 2.45) is 0 Å². The molecule has 16 aromatic carbocycles. The van der Waals surface area contributed by atoms with Crippen molar-refractivity contribution in [3.63, 3.8) is 0 Å². The van der Waals surface area contributed by atoms with Gasteiger partial charge in [0.05, 0.1) is 44.1 Å². The van der Waals surface area contributed by atoms with Gasteiger partial charge in [-0.2, -0.15) is 0 Å². The van der Waals surface area contributed by atoms with Crippen LogP contribution in [0.25, 0.3) is 209 Å². The van der Waals surface area contributed by atoms with Crippen molar-refractivity contribution in [3.8, 4) is 78.4 Å². The number of hydrogen-bond acceptors (Lipinski definition) is 2. The summed E-state index contributed by atoms with van der Waals surface area (Å²) in [6, 6.07) is 128. The molecule has 0 aliphatic rings. The van der Waals surface area contributed by atoms with E-state index in [1.165, 1.54) is 65.2 Å².